The fourth-order valence-electron chi connectivity index (χ4n) is 2.67. The molecule has 1 amide bonds. The second-order valence-corrected chi connectivity index (χ2v) is 6.73. The SMILES string of the molecule is COCCn1c(=NC(=O)c2ccn(C)n2)sc2c(C)cc(C)cc21. The molecule has 126 valence electrons. The number of carbonyl (C=O) groups is 1. The van der Waals surface area contributed by atoms with E-state index < -0.39 is 0 Å². The first-order valence-electron chi connectivity index (χ1n) is 7.68. The van der Waals surface area contributed by atoms with Crippen LogP contribution in [0.3, 0.4) is 0 Å². The van der Waals surface area contributed by atoms with Gasteiger partial charge in [-0.2, -0.15) is 10.1 Å². The van der Waals surface area contributed by atoms with Gasteiger partial charge >= 0.3 is 0 Å². The van der Waals surface area contributed by atoms with Gasteiger partial charge in [-0.1, -0.05) is 17.4 Å². The molecule has 0 N–H and O–H groups in total. The molecule has 0 spiro atoms. The van der Waals surface area contributed by atoms with E-state index in [1.165, 1.54) is 22.5 Å². The highest BCUT2D eigenvalue weighted by atomic mass is 32.1. The zero-order valence-corrected chi connectivity index (χ0v) is 15.1. The summed E-state index contributed by atoms with van der Waals surface area (Å²) in [6.45, 7) is 5.36. The molecule has 0 aliphatic heterocycles. The van der Waals surface area contributed by atoms with Gasteiger partial charge in [0.15, 0.2) is 10.5 Å². The van der Waals surface area contributed by atoms with E-state index in [2.05, 4.69) is 36.1 Å². The van der Waals surface area contributed by atoms with Crippen molar-refractivity contribution in [3.8, 4) is 0 Å². The standard InChI is InChI=1S/C17H20N4O2S/c1-11-9-12(2)15-14(10-11)21(7-8-23-4)17(24-15)18-16(22)13-5-6-20(3)19-13/h5-6,9-10H,7-8H2,1-4H3. The fraction of sp³-hybridized carbons (Fsp3) is 0.353. The van der Waals surface area contributed by atoms with Crippen LogP contribution in [-0.2, 0) is 18.3 Å². The molecular weight excluding hydrogens is 324 g/mol. The molecule has 3 aromatic rings. The molecule has 0 bridgehead atoms. The number of benzene rings is 1. The number of aryl methyl sites for hydroxylation is 3. The molecule has 24 heavy (non-hydrogen) atoms. The first kappa shape index (κ1) is 16.6. The van der Waals surface area contributed by atoms with Gasteiger partial charge < -0.3 is 9.30 Å². The lowest BCUT2D eigenvalue weighted by atomic mass is 10.1. The third-order valence-corrected chi connectivity index (χ3v) is 4.99. The normalized spacial score (nSPS) is 12.2. The maximum atomic E-state index is 12.4. The van der Waals surface area contributed by atoms with Crippen LogP contribution in [0, 0.1) is 13.8 Å². The van der Waals surface area contributed by atoms with E-state index in [-0.39, 0.29) is 5.91 Å². The van der Waals surface area contributed by atoms with Crippen molar-refractivity contribution in [3.63, 3.8) is 0 Å². The van der Waals surface area contributed by atoms with Crippen molar-refractivity contribution in [2.45, 2.75) is 20.4 Å². The number of nitrogens with zero attached hydrogens (tertiary/aromatic N) is 4. The van der Waals surface area contributed by atoms with E-state index >= 15 is 0 Å². The largest absolute Gasteiger partial charge is 0.383 e. The summed E-state index contributed by atoms with van der Waals surface area (Å²) in [6, 6.07) is 5.94. The molecule has 6 nitrogen and oxygen atoms in total. The number of amides is 1. The monoisotopic (exact) mass is 344 g/mol. The van der Waals surface area contributed by atoms with Crippen LogP contribution in [0.1, 0.15) is 21.6 Å². The third kappa shape index (κ3) is 3.18. The minimum atomic E-state index is -0.331. The molecule has 0 radical (unpaired) electrons. The quantitative estimate of drug-likeness (QED) is 0.730. The van der Waals surface area contributed by atoms with Crippen LogP contribution < -0.4 is 4.80 Å². The Labute approximate surface area is 144 Å². The van der Waals surface area contributed by atoms with Gasteiger partial charge in [-0.15, -0.1) is 0 Å². The molecule has 7 heteroatoms. The number of hydrogen-bond acceptors (Lipinski definition) is 4. The Morgan fingerprint density at radius 1 is 1.38 bits per heavy atom. The van der Waals surface area contributed by atoms with E-state index in [0.717, 1.165) is 10.2 Å². The van der Waals surface area contributed by atoms with Crippen LogP contribution in [0.5, 0.6) is 0 Å². The minimum Gasteiger partial charge on any atom is -0.383 e. The number of methoxy groups -OCH3 is 1. The fourth-order valence-corrected chi connectivity index (χ4v) is 3.77. The summed E-state index contributed by atoms with van der Waals surface area (Å²) < 4.78 is 10.0. The second-order valence-electron chi connectivity index (χ2n) is 5.75. The summed E-state index contributed by atoms with van der Waals surface area (Å²) in [4.78, 5) is 17.4. The number of fused-ring (bicyclic) bond motifs is 1. The Balaban J connectivity index is 2.17. The van der Waals surface area contributed by atoms with E-state index in [9.17, 15) is 4.79 Å². The predicted molar refractivity (Wildman–Crippen MR) is 94.3 cm³/mol. The number of aromatic nitrogens is 3. The molecule has 2 aromatic heterocycles. The first-order valence-corrected chi connectivity index (χ1v) is 8.49. The summed E-state index contributed by atoms with van der Waals surface area (Å²) >= 11 is 1.52. The molecule has 0 saturated heterocycles. The third-order valence-electron chi connectivity index (χ3n) is 3.76. The van der Waals surface area contributed by atoms with Crippen LogP contribution in [-0.4, -0.2) is 34.0 Å². The topological polar surface area (TPSA) is 61.4 Å². The highest BCUT2D eigenvalue weighted by molar-refractivity contribution is 7.16. The molecule has 0 saturated carbocycles. The molecule has 0 atom stereocenters. The van der Waals surface area contributed by atoms with Crippen LogP contribution in [0.25, 0.3) is 10.2 Å². The predicted octanol–water partition coefficient (Wildman–Crippen LogP) is 2.44. The molecule has 0 aliphatic rings. The lowest BCUT2D eigenvalue weighted by Crippen LogP contribution is -2.19. The Hall–Kier alpha value is -2.25. The van der Waals surface area contributed by atoms with Crippen molar-refractivity contribution < 1.29 is 9.53 Å². The van der Waals surface area contributed by atoms with Gasteiger partial charge in [-0.05, 0) is 37.1 Å². The lowest BCUT2D eigenvalue weighted by Gasteiger charge is -2.05. The van der Waals surface area contributed by atoms with Gasteiger partial charge in [0.05, 0.1) is 16.8 Å². The molecule has 1 aromatic carbocycles. The van der Waals surface area contributed by atoms with Crippen molar-refractivity contribution >= 4 is 27.5 Å². The van der Waals surface area contributed by atoms with Gasteiger partial charge in [0, 0.05) is 26.9 Å². The van der Waals surface area contributed by atoms with Crippen molar-refractivity contribution in [2.24, 2.45) is 12.0 Å². The highest BCUT2D eigenvalue weighted by Gasteiger charge is 2.12. The number of ether oxygens (including phenoxy) is 1. The van der Waals surface area contributed by atoms with Crippen LogP contribution in [0.15, 0.2) is 29.4 Å². The van der Waals surface area contributed by atoms with Crippen LogP contribution >= 0.6 is 11.3 Å². The molecule has 0 unspecified atom stereocenters. The number of carbonyl (C=O) groups excluding carboxylic acids is 1. The smallest absolute Gasteiger partial charge is 0.300 e. The Bertz CT molecular complexity index is 965. The maximum Gasteiger partial charge on any atom is 0.300 e. The highest BCUT2D eigenvalue weighted by Crippen LogP contribution is 2.23. The zero-order chi connectivity index (χ0) is 17.3. The van der Waals surface area contributed by atoms with Crippen LogP contribution in [0.4, 0.5) is 0 Å². The van der Waals surface area contributed by atoms with E-state index in [0.29, 0.717) is 23.6 Å². The Morgan fingerprint density at radius 3 is 2.83 bits per heavy atom. The van der Waals surface area contributed by atoms with Gasteiger partial charge in [-0.25, -0.2) is 0 Å². The molecule has 0 aliphatic carbocycles. The Kier molecular flexibility index (Phi) is 4.64. The summed E-state index contributed by atoms with van der Waals surface area (Å²) in [7, 11) is 3.45. The van der Waals surface area contributed by atoms with Gasteiger partial charge in [0.25, 0.3) is 5.91 Å². The van der Waals surface area contributed by atoms with Crippen molar-refractivity contribution in [3.05, 3.63) is 46.0 Å². The second kappa shape index (κ2) is 6.70. The van der Waals surface area contributed by atoms with E-state index in [1.54, 1.807) is 31.1 Å². The van der Waals surface area contributed by atoms with Gasteiger partial charge in [0.2, 0.25) is 0 Å². The summed E-state index contributed by atoms with van der Waals surface area (Å²) in [6.07, 6.45) is 1.74. The molecule has 2 heterocycles. The van der Waals surface area contributed by atoms with E-state index in [4.69, 9.17) is 4.74 Å². The maximum absolute atomic E-state index is 12.4. The Morgan fingerprint density at radius 2 is 2.17 bits per heavy atom. The number of thiazole rings is 1. The van der Waals surface area contributed by atoms with Crippen molar-refractivity contribution in [1.82, 2.24) is 14.3 Å². The number of rotatable bonds is 4. The van der Waals surface area contributed by atoms with Crippen LogP contribution in [0.2, 0.25) is 0 Å². The summed E-state index contributed by atoms with van der Waals surface area (Å²) in [5, 5.41) is 4.13. The van der Waals surface area contributed by atoms with Crippen molar-refractivity contribution in [2.75, 3.05) is 13.7 Å². The average molecular weight is 344 g/mol. The molecular formula is C17H20N4O2S. The molecule has 3 rings (SSSR count). The zero-order valence-electron chi connectivity index (χ0n) is 14.2. The van der Waals surface area contributed by atoms with Gasteiger partial charge in [-0.3, -0.25) is 9.48 Å². The summed E-state index contributed by atoms with van der Waals surface area (Å²) in [5.74, 6) is -0.331. The first-order chi connectivity index (χ1) is 11.5. The summed E-state index contributed by atoms with van der Waals surface area (Å²) in [5.41, 5.74) is 3.81. The molecule has 0 fully saturated rings. The van der Waals surface area contributed by atoms with E-state index in [1.807, 2.05) is 4.57 Å². The lowest BCUT2D eigenvalue weighted by molar-refractivity contribution is 0.0992. The number of hydrogen-bond donors (Lipinski definition) is 0. The average Bonchev–Trinajstić information content (AvgIpc) is 3.10. The van der Waals surface area contributed by atoms with Gasteiger partial charge in [0.1, 0.15) is 0 Å². The van der Waals surface area contributed by atoms with Crippen molar-refractivity contribution in [1.29, 1.82) is 0 Å². The minimum absolute atomic E-state index is 0.331.